The minimum absolute atomic E-state index is 0. The molecule has 1 fully saturated rings. The molecule has 0 aliphatic carbocycles. The molecule has 25 heavy (non-hydrogen) atoms. The molecule has 4 N–H and O–H groups in total. The number of para-hydroxylation sites is 2. The number of nitrogens with two attached hydrogens (primary N) is 1. The third kappa shape index (κ3) is 4.68. The summed E-state index contributed by atoms with van der Waals surface area (Å²) in [6, 6.07) is 6.97. The Hall–Kier alpha value is -2.16. The van der Waals surface area contributed by atoms with Crippen LogP contribution in [0.3, 0.4) is 0 Å². The Morgan fingerprint density at radius 1 is 1.16 bits per heavy atom. The molecule has 7 nitrogen and oxygen atoms in total. The number of thiazole rings is 1. The van der Waals surface area contributed by atoms with Gasteiger partial charge < -0.3 is 21.3 Å². The lowest BCUT2D eigenvalue weighted by Gasteiger charge is -2.18. The Bertz CT molecular complexity index is 746. The molecule has 2 heterocycles. The zero-order chi connectivity index (χ0) is 16.9. The van der Waals surface area contributed by atoms with Crippen LogP contribution in [0.25, 0.3) is 0 Å². The van der Waals surface area contributed by atoms with Crippen molar-refractivity contribution in [3.63, 3.8) is 0 Å². The number of halogens is 1. The Balaban J connectivity index is 0.00000225. The van der Waals surface area contributed by atoms with Crippen molar-refractivity contribution in [1.82, 2.24) is 9.88 Å². The highest BCUT2D eigenvalue weighted by molar-refractivity contribution is 7.09. The van der Waals surface area contributed by atoms with Crippen molar-refractivity contribution in [2.24, 2.45) is 5.73 Å². The molecular weight excluding hydrogens is 362 g/mol. The zero-order valence-electron chi connectivity index (χ0n) is 13.5. The molecule has 134 valence electrons. The SMILES string of the molecule is Cl.NCc1nc(C(=O)Nc2ccccc2NC(=O)N2CCCC2)cs1. The molecule has 0 radical (unpaired) electrons. The Kier molecular flexibility index (Phi) is 6.74. The average molecular weight is 382 g/mol. The van der Waals surface area contributed by atoms with Crippen LogP contribution < -0.4 is 16.4 Å². The van der Waals surface area contributed by atoms with Crippen LogP contribution in [0.15, 0.2) is 29.6 Å². The number of anilines is 2. The smallest absolute Gasteiger partial charge is 0.321 e. The number of likely N-dealkylation sites (tertiary alicyclic amines) is 1. The van der Waals surface area contributed by atoms with Crippen molar-refractivity contribution >= 4 is 47.1 Å². The molecule has 0 unspecified atom stereocenters. The molecule has 3 rings (SSSR count). The van der Waals surface area contributed by atoms with E-state index in [1.54, 1.807) is 28.5 Å². The molecule has 0 spiro atoms. The van der Waals surface area contributed by atoms with Crippen LogP contribution in [0.2, 0.25) is 0 Å². The lowest BCUT2D eigenvalue weighted by atomic mass is 10.2. The van der Waals surface area contributed by atoms with Crippen LogP contribution in [0.5, 0.6) is 0 Å². The van der Waals surface area contributed by atoms with Crippen molar-refractivity contribution in [3.8, 4) is 0 Å². The fourth-order valence-corrected chi connectivity index (χ4v) is 3.17. The highest BCUT2D eigenvalue weighted by atomic mass is 35.5. The van der Waals surface area contributed by atoms with Gasteiger partial charge in [-0.3, -0.25) is 4.79 Å². The van der Waals surface area contributed by atoms with Crippen LogP contribution in [0.4, 0.5) is 16.2 Å². The first-order valence-electron chi connectivity index (χ1n) is 7.78. The Labute approximate surface area is 156 Å². The minimum atomic E-state index is -0.325. The third-order valence-corrected chi connectivity index (χ3v) is 4.64. The summed E-state index contributed by atoms with van der Waals surface area (Å²) < 4.78 is 0. The summed E-state index contributed by atoms with van der Waals surface area (Å²) in [4.78, 5) is 30.5. The summed E-state index contributed by atoms with van der Waals surface area (Å²) in [5.74, 6) is -0.325. The number of urea groups is 1. The molecule has 1 aromatic carbocycles. The summed E-state index contributed by atoms with van der Waals surface area (Å²) in [6.45, 7) is 1.84. The van der Waals surface area contributed by atoms with Gasteiger partial charge in [-0.05, 0) is 25.0 Å². The average Bonchev–Trinajstić information content (AvgIpc) is 3.28. The summed E-state index contributed by atoms with van der Waals surface area (Å²) in [6.07, 6.45) is 2.05. The summed E-state index contributed by atoms with van der Waals surface area (Å²) in [5.41, 5.74) is 6.95. The van der Waals surface area contributed by atoms with Crippen molar-refractivity contribution in [3.05, 3.63) is 40.3 Å². The number of benzene rings is 1. The molecule has 2 aromatic rings. The summed E-state index contributed by atoms with van der Waals surface area (Å²) in [5, 5.41) is 8.03. The fraction of sp³-hybridized carbons (Fsp3) is 0.312. The van der Waals surface area contributed by atoms with Crippen molar-refractivity contribution < 1.29 is 9.59 Å². The van der Waals surface area contributed by atoms with Gasteiger partial charge >= 0.3 is 6.03 Å². The largest absolute Gasteiger partial charge is 0.325 e. The van der Waals surface area contributed by atoms with Gasteiger partial charge in [0, 0.05) is 25.0 Å². The van der Waals surface area contributed by atoms with Crippen LogP contribution >= 0.6 is 23.7 Å². The lowest BCUT2D eigenvalue weighted by Crippen LogP contribution is -2.32. The highest BCUT2D eigenvalue weighted by Crippen LogP contribution is 2.23. The molecule has 1 aliphatic heterocycles. The molecule has 1 aliphatic rings. The van der Waals surface area contributed by atoms with Crippen LogP contribution in [0.1, 0.15) is 28.3 Å². The van der Waals surface area contributed by atoms with Gasteiger partial charge in [-0.25, -0.2) is 9.78 Å². The zero-order valence-corrected chi connectivity index (χ0v) is 15.2. The number of hydrogen-bond acceptors (Lipinski definition) is 5. The van der Waals surface area contributed by atoms with E-state index in [1.165, 1.54) is 11.3 Å². The minimum Gasteiger partial charge on any atom is -0.325 e. The van der Waals surface area contributed by atoms with E-state index in [4.69, 9.17) is 5.73 Å². The molecular formula is C16H20ClN5O2S. The van der Waals surface area contributed by atoms with E-state index in [2.05, 4.69) is 15.6 Å². The first-order chi connectivity index (χ1) is 11.7. The van der Waals surface area contributed by atoms with Crippen molar-refractivity contribution in [2.75, 3.05) is 23.7 Å². The Morgan fingerprint density at radius 2 is 1.80 bits per heavy atom. The van der Waals surface area contributed by atoms with Gasteiger partial charge in [0.25, 0.3) is 5.91 Å². The van der Waals surface area contributed by atoms with E-state index >= 15 is 0 Å². The number of rotatable bonds is 4. The highest BCUT2D eigenvalue weighted by Gasteiger charge is 2.19. The van der Waals surface area contributed by atoms with Gasteiger partial charge in [0.2, 0.25) is 0 Å². The van der Waals surface area contributed by atoms with Gasteiger partial charge in [-0.15, -0.1) is 23.7 Å². The molecule has 0 bridgehead atoms. The molecule has 9 heteroatoms. The summed E-state index contributed by atoms with van der Waals surface area (Å²) >= 11 is 1.35. The first kappa shape index (κ1) is 19.2. The van der Waals surface area contributed by atoms with Gasteiger partial charge in [-0.2, -0.15) is 0 Å². The number of nitrogens with zero attached hydrogens (tertiary/aromatic N) is 2. The second-order valence-electron chi connectivity index (χ2n) is 5.45. The topological polar surface area (TPSA) is 100 Å². The first-order valence-corrected chi connectivity index (χ1v) is 8.66. The predicted molar refractivity (Wildman–Crippen MR) is 101 cm³/mol. The number of carbonyl (C=O) groups is 2. The number of hydrogen-bond donors (Lipinski definition) is 3. The maximum atomic E-state index is 12.3. The van der Waals surface area contributed by atoms with Crippen molar-refractivity contribution in [2.45, 2.75) is 19.4 Å². The van der Waals surface area contributed by atoms with E-state index in [1.807, 2.05) is 6.07 Å². The van der Waals surface area contributed by atoms with E-state index in [-0.39, 0.29) is 24.3 Å². The van der Waals surface area contributed by atoms with E-state index < -0.39 is 0 Å². The Morgan fingerprint density at radius 3 is 2.40 bits per heavy atom. The molecule has 1 saturated heterocycles. The number of nitrogens with one attached hydrogen (secondary N) is 2. The number of amides is 3. The third-order valence-electron chi connectivity index (χ3n) is 3.77. The monoisotopic (exact) mass is 381 g/mol. The maximum absolute atomic E-state index is 12.3. The second kappa shape index (κ2) is 8.80. The van der Waals surface area contributed by atoms with E-state index in [9.17, 15) is 9.59 Å². The molecule has 0 atom stereocenters. The molecule has 3 amide bonds. The fourth-order valence-electron chi connectivity index (χ4n) is 2.51. The van der Waals surface area contributed by atoms with Gasteiger partial charge in [-0.1, -0.05) is 12.1 Å². The normalized spacial score (nSPS) is 13.2. The number of aromatic nitrogens is 1. The van der Waals surface area contributed by atoms with Crippen LogP contribution in [-0.2, 0) is 6.54 Å². The van der Waals surface area contributed by atoms with Gasteiger partial charge in [0.15, 0.2) is 0 Å². The molecule has 0 saturated carbocycles. The lowest BCUT2D eigenvalue weighted by molar-refractivity contribution is 0.102. The standard InChI is InChI=1S/C16H19N5O2S.ClH/c17-9-14-18-13(10-24-14)15(22)19-11-5-1-2-6-12(11)20-16(23)21-7-3-4-8-21;/h1-2,5-6,10H,3-4,7-9,17H2,(H,19,22)(H,20,23);1H. The maximum Gasteiger partial charge on any atom is 0.321 e. The summed E-state index contributed by atoms with van der Waals surface area (Å²) in [7, 11) is 0. The van der Waals surface area contributed by atoms with Gasteiger partial charge in [0.05, 0.1) is 11.4 Å². The van der Waals surface area contributed by atoms with Crippen LogP contribution in [0, 0.1) is 0 Å². The van der Waals surface area contributed by atoms with Gasteiger partial charge in [0.1, 0.15) is 10.7 Å². The second-order valence-corrected chi connectivity index (χ2v) is 6.40. The van der Waals surface area contributed by atoms with E-state index in [0.29, 0.717) is 28.6 Å². The molecule has 1 aromatic heterocycles. The predicted octanol–water partition coefficient (Wildman–Crippen LogP) is 2.90. The van der Waals surface area contributed by atoms with Crippen LogP contribution in [-0.4, -0.2) is 34.9 Å². The number of carbonyl (C=O) groups excluding carboxylic acids is 2. The quantitative estimate of drug-likeness (QED) is 0.757. The van der Waals surface area contributed by atoms with Crippen molar-refractivity contribution in [1.29, 1.82) is 0 Å². The van der Waals surface area contributed by atoms with E-state index in [0.717, 1.165) is 25.9 Å².